The minimum atomic E-state index is 0.0999. The van der Waals surface area contributed by atoms with Gasteiger partial charge in [-0.2, -0.15) is 5.11 Å². The molecular weight excluding hydrogens is 238 g/mol. The van der Waals surface area contributed by atoms with Gasteiger partial charge in [0.1, 0.15) is 0 Å². The van der Waals surface area contributed by atoms with Gasteiger partial charge in [0.2, 0.25) is 5.88 Å². The highest BCUT2D eigenvalue weighted by Gasteiger charge is 2.12. The number of rotatable bonds is 5. The maximum Gasteiger partial charge on any atom is 0.218 e. The normalized spacial score (nSPS) is 11.7. The highest BCUT2D eigenvalue weighted by Crippen LogP contribution is 2.37. The van der Waals surface area contributed by atoms with E-state index in [0.717, 1.165) is 34.9 Å². The van der Waals surface area contributed by atoms with Crippen molar-refractivity contribution in [3.05, 3.63) is 23.3 Å². The van der Waals surface area contributed by atoms with Crippen LogP contribution >= 0.6 is 0 Å². The SMILES string of the molecule is CCCCCN=Nc1c(O)[nH]c2c(C)cc(C)cc12. The molecule has 0 fully saturated rings. The van der Waals surface area contributed by atoms with Crippen LogP contribution in [0.15, 0.2) is 22.4 Å². The Labute approximate surface area is 113 Å². The van der Waals surface area contributed by atoms with Crippen LogP contribution in [0.3, 0.4) is 0 Å². The molecule has 102 valence electrons. The zero-order valence-corrected chi connectivity index (χ0v) is 11.8. The summed E-state index contributed by atoms with van der Waals surface area (Å²) in [5.74, 6) is 0.0999. The number of nitrogens with one attached hydrogen (secondary N) is 1. The van der Waals surface area contributed by atoms with Gasteiger partial charge in [-0.05, 0) is 31.9 Å². The largest absolute Gasteiger partial charge is 0.493 e. The zero-order chi connectivity index (χ0) is 13.8. The lowest BCUT2D eigenvalue weighted by Crippen LogP contribution is -1.79. The topological polar surface area (TPSA) is 60.7 Å². The lowest BCUT2D eigenvalue weighted by Gasteiger charge is -1.98. The van der Waals surface area contributed by atoms with E-state index in [0.29, 0.717) is 12.2 Å². The van der Waals surface area contributed by atoms with E-state index in [9.17, 15) is 5.11 Å². The van der Waals surface area contributed by atoms with E-state index in [-0.39, 0.29) is 5.88 Å². The van der Waals surface area contributed by atoms with Crippen LogP contribution in [0.2, 0.25) is 0 Å². The summed E-state index contributed by atoms with van der Waals surface area (Å²) in [6.45, 7) is 6.94. The molecule has 2 N–H and O–H groups in total. The lowest BCUT2D eigenvalue weighted by atomic mass is 10.1. The van der Waals surface area contributed by atoms with Crippen LogP contribution in [0, 0.1) is 13.8 Å². The van der Waals surface area contributed by atoms with Gasteiger partial charge < -0.3 is 10.1 Å². The van der Waals surface area contributed by atoms with E-state index in [4.69, 9.17) is 0 Å². The first-order chi connectivity index (χ1) is 9.13. The number of aromatic amines is 1. The van der Waals surface area contributed by atoms with Crippen LogP contribution in [-0.2, 0) is 0 Å². The van der Waals surface area contributed by atoms with Gasteiger partial charge in [-0.25, -0.2) is 0 Å². The van der Waals surface area contributed by atoms with Gasteiger partial charge in [0.05, 0.1) is 12.1 Å². The van der Waals surface area contributed by atoms with Crippen molar-refractivity contribution in [2.45, 2.75) is 40.0 Å². The van der Waals surface area contributed by atoms with Gasteiger partial charge in [-0.1, -0.05) is 31.4 Å². The van der Waals surface area contributed by atoms with E-state index >= 15 is 0 Å². The molecule has 2 rings (SSSR count). The minimum absolute atomic E-state index is 0.0999. The molecule has 0 saturated carbocycles. The molecule has 0 spiro atoms. The molecule has 0 atom stereocenters. The predicted molar refractivity (Wildman–Crippen MR) is 78.3 cm³/mol. The van der Waals surface area contributed by atoms with Crippen molar-refractivity contribution in [1.82, 2.24) is 4.98 Å². The molecule has 0 radical (unpaired) electrons. The molecule has 0 unspecified atom stereocenters. The summed E-state index contributed by atoms with van der Waals surface area (Å²) in [5, 5.41) is 19.2. The predicted octanol–water partition coefficient (Wildman–Crippen LogP) is 4.76. The summed E-state index contributed by atoms with van der Waals surface area (Å²) in [7, 11) is 0. The molecule has 1 heterocycles. The molecule has 2 aromatic rings. The third kappa shape index (κ3) is 2.95. The van der Waals surface area contributed by atoms with Crippen LogP contribution in [-0.4, -0.2) is 16.6 Å². The Morgan fingerprint density at radius 3 is 2.74 bits per heavy atom. The van der Waals surface area contributed by atoms with Crippen LogP contribution in [0.25, 0.3) is 10.9 Å². The first-order valence-corrected chi connectivity index (χ1v) is 6.83. The van der Waals surface area contributed by atoms with Crippen molar-refractivity contribution in [2.75, 3.05) is 6.54 Å². The number of nitrogens with zero attached hydrogens (tertiary/aromatic N) is 2. The van der Waals surface area contributed by atoms with Crippen LogP contribution in [0.5, 0.6) is 5.88 Å². The molecule has 0 aliphatic heterocycles. The van der Waals surface area contributed by atoms with Gasteiger partial charge in [-0.15, -0.1) is 5.11 Å². The van der Waals surface area contributed by atoms with Crippen LogP contribution < -0.4 is 0 Å². The van der Waals surface area contributed by atoms with Gasteiger partial charge in [0, 0.05) is 5.39 Å². The minimum Gasteiger partial charge on any atom is -0.493 e. The number of azo groups is 1. The molecule has 4 heteroatoms. The molecule has 19 heavy (non-hydrogen) atoms. The summed E-state index contributed by atoms with van der Waals surface area (Å²) in [5.41, 5.74) is 3.76. The van der Waals surface area contributed by atoms with Gasteiger partial charge in [0.15, 0.2) is 5.69 Å². The van der Waals surface area contributed by atoms with E-state index in [1.54, 1.807) is 0 Å². The van der Waals surface area contributed by atoms with Gasteiger partial charge in [0.25, 0.3) is 0 Å². The second-order valence-electron chi connectivity index (χ2n) is 5.00. The standard InChI is InChI=1S/C15H21N3O/c1-4-5-6-7-16-18-14-12-9-10(2)8-11(3)13(12)17-15(14)19/h8-9,17,19H,4-7H2,1-3H3. The van der Waals surface area contributed by atoms with Crippen molar-refractivity contribution in [3.8, 4) is 5.88 Å². The van der Waals surface area contributed by atoms with Gasteiger partial charge in [-0.3, -0.25) is 0 Å². The quantitative estimate of drug-likeness (QED) is 0.590. The zero-order valence-electron chi connectivity index (χ0n) is 11.8. The number of aryl methyl sites for hydroxylation is 2. The van der Waals surface area contributed by atoms with Gasteiger partial charge >= 0.3 is 0 Å². The second-order valence-corrected chi connectivity index (χ2v) is 5.00. The van der Waals surface area contributed by atoms with Crippen LogP contribution in [0.4, 0.5) is 5.69 Å². The summed E-state index contributed by atoms with van der Waals surface area (Å²) >= 11 is 0. The summed E-state index contributed by atoms with van der Waals surface area (Å²) in [6.07, 6.45) is 3.38. The summed E-state index contributed by atoms with van der Waals surface area (Å²) in [4.78, 5) is 2.98. The third-order valence-electron chi connectivity index (χ3n) is 3.24. The Morgan fingerprint density at radius 1 is 1.21 bits per heavy atom. The molecule has 0 saturated heterocycles. The van der Waals surface area contributed by atoms with E-state index in [1.165, 1.54) is 6.42 Å². The Bertz CT molecular complexity index is 599. The number of unbranched alkanes of at least 4 members (excludes halogenated alkanes) is 2. The Morgan fingerprint density at radius 2 is 2.00 bits per heavy atom. The fourth-order valence-electron chi connectivity index (χ4n) is 2.28. The first kappa shape index (κ1) is 13.6. The number of benzene rings is 1. The molecule has 4 nitrogen and oxygen atoms in total. The van der Waals surface area contributed by atoms with E-state index in [2.05, 4.69) is 28.2 Å². The summed E-state index contributed by atoms with van der Waals surface area (Å²) in [6, 6.07) is 4.11. The number of hydrogen-bond acceptors (Lipinski definition) is 3. The van der Waals surface area contributed by atoms with Crippen molar-refractivity contribution < 1.29 is 5.11 Å². The molecule has 1 aromatic heterocycles. The average molecular weight is 259 g/mol. The number of hydrogen-bond donors (Lipinski definition) is 2. The number of fused-ring (bicyclic) bond motifs is 1. The molecule has 0 amide bonds. The van der Waals surface area contributed by atoms with Crippen molar-refractivity contribution in [1.29, 1.82) is 0 Å². The van der Waals surface area contributed by atoms with Crippen LogP contribution in [0.1, 0.15) is 37.3 Å². The maximum absolute atomic E-state index is 9.94. The monoisotopic (exact) mass is 259 g/mol. The molecule has 1 aromatic carbocycles. The molecule has 0 aliphatic carbocycles. The number of aromatic nitrogens is 1. The average Bonchev–Trinajstić information content (AvgIpc) is 2.67. The highest BCUT2D eigenvalue weighted by atomic mass is 16.3. The number of H-pyrrole nitrogens is 1. The summed E-state index contributed by atoms with van der Waals surface area (Å²) < 4.78 is 0. The maximum atomic E-state index is 9.94. The van der Waals surface area contributed by atoms with Crippen molar-refractivity contribution in [3.63, 3.8) is 0 Å². The smallest absolute Gasteiger partial charge is 0.218 e. The molecule has 0 aliphatic rings. The third-order valence-corrected chi connectivity index (χ3v) is 3.24. The van der Waals surface area contributed by atoms with Crippen molar-refractivity contribution >= 4 is 16.6 Å². The Kier molecular flexibility index (Phi) is 4.20. The molecule has 0 bridgehead atoms. The Hall–Kier alpha value is -1.84. The fourth-order valence-corrected chi connectivity index (χ4v) is 2.28. The van der Waals surface area contributed by atoms with E-state index < -0.39 is 0 Å². The lowest BCUT2D eigenvalue weighted by molar-refractivity contribution is 0.459. The first-order valence-electron chi connectivity index (χ1n) is 6.83. The molecular formula is C15H21N3O. The Balaban J connectivity index is 2.30. The fraction of sp³-hybridized carbons (Fsp3) is 0.467. The number of aromatic hydroxyl groups is 1. The van der Waals surface area contributed by atoms with Crippen molar-refractivity contribution in [2.24, 2.45) is 10.2 Å². The van der Waals surface area contributed by atoms with E-state index in [1.807, 2.05) is 19.9 Å². The highest BCUT2D eigenvalue weighted by molar-refractivity contribution is 5.96. The second kappa shape index (κ2) is 5.87.